The van der Waals surface area contributed by atoms with Crippen LogP contribution in [0.15, 0.2) is 47.6 Å². The second kappa shape index (κ2) is 11.7. The number of ether oxygens (including phenoxy) is 1. The van der Waals surface area contributed by atoms with Crippen LogP contribution in [0.3, 0.4) is 0 Å². The molecule has 2 rings (SSSR count). The monoisotopic (exact) mass is 508 g/mol. The minimum absolute atomic E-state index is 0. The molecule has 0 aliphatic heterocycles. The fourth-order valence-corrected chi connectivity index (χ4v) is 2.27. The van der Waals surface area contributed by atoms with Crippen LogP contribution in [0.25, 0.3) is 0 Å². The number of aromatic nitrogens is 1. The summed E-state index contributed by atoms with van der Waals surface area (Å²) in [5.41, 5.74) is 2.26. The highest BCUT2D eigenvalue weighted by Gasteiger charge is 2.28. The molecule has 28 heavy (non-hydrogen) atoms. The Bertz CT molecular complexity index is 755. The van der Waals surface area contributed by atoms with Gasteiger partial charge in [0.15, 0.2) is 12.6 Å². The SMILES string of the molecule is CCNC(=NCc1ccc(C)cc1OCC(F)(F)F)NCc1ccccn1.I. The van der Waals surface area contributed by atoms with E-state index in [-0.39, 0.29) is 36.3 Å². The molecule has 0 amide bonds. The van der Waals surface area contributed by atoms with Crippen molar-refractivity contribution < 1.29 is 17.9 Å². The highest BCUT2D eigenvalue weighted by atomic mass is 127. The number of hydrogen-bond acceptors (Lipinski definition) is 3. The Morgan fingerprint density at radius 2 is 1.96 bits per heavy atom. The lowest BCUT2D eigenvalue weighted by atomic mass is 10.1. The molecule has 0 fully saturated rings. The van der Waals surface area contributed by atoms with Gasteiger partial charge in [-0.05, 0) is 37.6 Å². The zero-order valence-corrected chi connectivity index (χ0v) is 18.0. The zero-order valence-electron chi connectivity index (χ0n) is 15.7. The maximum absolute atomic E-state index is 12.5. The quantitative estimate of drug-likeness (QED) is 0.335. The second-order valence-electron chi connectivity index (χ2n) is 5.88. The van der Waals surface area contributed by atoms with Crippen molar-refractivity contribution in [2.75, 3.05) is 13.2 Å². The molecule has 0 radical (unpaired) electrons. The number of aryl methyl sites for hydroxylation is 1. The Kier molecular flexibility index (Phi) is 10.0. The Balaban J connectivity index is 0.00000392. The van der Waals surface area contributed by atoms with Crippen molar-refractivity contribution in [3.05, 3.63) is 59.4 Å². The van der Waals surface area contributed by atoms with Crippen LogP contribution in [0.2, 0.25) is 0 Å². The van der Waals surface area contributed by atoms with Gasteiger partial charge in [0, 0.05) is 18.3 Å². The smallest absolute Gasteiger partial charge is 0.422 e. The fourth-order valence-electron chi connectivity index (χ4n) is 2.27. The third-order valence-electron chi connectivity index (χ3n) is 3.53. The molecule has 0 spiro atoms. The molecule has 2 N–H and O–H groups in total. The van der Waals surface area contributed by atoms with E-state index < -0.39 is 12.8 Å². The summed E-state index contributed by atoms with van der Waals surface area (Å²) < 4.78 is 42.4. The van der Waals surface area contributed by atoms with Crippen molar-refractivity contribution in [3.63, 3.8) is 0 Å². The van der Waals surface area contributed by atoms with Gasteiger partial charge < -0.3 is 15.4 Å². The van der Waals surface area contributed by atoms with Crippen LogP contribution >= 0.6 is 24.0 Å². The van der Waals surface area contributed by atoms with Crippen LogP contribution in [0.1, 0.15) is 23.7 Å². The number of pyridine rings is 1. The van der Waals surface area contributed by atoms with Crippen molar-refractivity contribution in [2.45, 2.75) is 33.1 Å². The minimum atomic E-state index is -4.39. The van der Waals surface area contributed by atoms with Crippen molar-refractivity contribution in [1.82, 2.24) is 15.6 Å². The fraction of sp³-hybridized carbons (Fsp3) is 0.368. The summed E-state index contributed by atoms with van der Waals surface area (Å²) in [5, 5.41) is 6.25. The van der Waals surface area contributed by atoms with Crippen LogP contribution < -0.4 is 15.4 Å². The number of benzene rings is 1. The van der Waals surface area contributed by atoms with Crippen LogP contribution in [-0.4, -0.2) is 30.3 Å². The number of halogens is 4. The molecule has 2 aromatic rings. The lowest BCUT2D eigenvalue weighted by molar-refractivity contribution is -0.153. The predicted molar refractivity (Wildman–Crippen MR) is 114 cm³/mol. The van der Waals surface area contributed by atoms with Gasteiger partial charge in [-0.25, -0.2) is 4.99 Å². The molecule has 0 saturated carbocycles. The van der Waals surface area contributed by atoms with Crippen molar-refractivity contribution in [1.29, 1.82) is 0 Å². The lowest BCUT2D eigenvalue weighted by Crippen LogP contribution is -2.37. The van der Waals surface area contributed by atoms with Gasteiger partial charge in [-0.3, -0.25) is 4.98 Å². The molecule has 0 aliphatic rings. The average molecular weight is 508 g/mol. The average Bonchev–Trinajstić information content (AvgIpc) is 2.63. The van der Waals surface area contributed by atoms with Crippen molar-refractivity contribution >= 4 is 29.9 Å². The third kappa shape index (κ3) is 8.77. The van der Waals surface area contributed by atoms with Gasteiger partial charge in [0.25, 0.3) is 0 Å². The van der Waals surface area contributed by atoms with Crippen molar-refractivity contribution in [2.24, 2.45) is 4.99 Å². The topological polar surface area (TPSA) is 58.5 Å². The third-order valence-corrected chi connectivity index (χ3v) is 3.53. The van der Waals surface area contributed by atoms with E-state index in [1.807, 2.05) is 31.2 Å². The molecule has 0 saturated heterocycles. The first-order valence-corrected chi connectivity index (χ1v) is 8.58. The maximum atomic E-state index is 12.5. The Morgan fingerprint density at radius 1 is 1.18 bits per heavy atom. The van der Waals surface area contributed by atoms with Gasteiger partial charge in [0.1, 0.15) is 5.75 Å². The number of alkyl halides is 3. The van der Waals surface area contributed by atoms with E-state index in [9.17, 15) is 13.2 Å². The van der Waals surface area contributed by atoms with Gasteiger partial charge >= 0.3 is 6.18 Å². The molecular weight excluding hydrogens is 484 g/mol. The first kappa shape index (κ1) is 24.0. The van der Waals surface area contributed by atoms with E-state index in [2.05, 4.69) is 20.6 Å². The normalized spacial score (nSPS) is 11.5. The number of hydrogen-bond donors (Lipinski definition) is 2. The standard InChI is InChI=1S/C19H23F3N4O.HI/c1-3-23-18(26-12-16-6-4-5-9-24-16)25-11-15-8-7-14(2)10-17(15)27-13-19(20,21)22;/h4-10H,3,11-13H2,1-2H3,(H2,23,25,26);1H. The lowest BCUT2D eigenvalue weighted by Gasteiger charge is -2.14. The minimum Gasteiger partial charge on any atom is -0.484 e. The van der Waals surface area contributed by atoms with Crippen LogP contribution in [-0.2, 0) is 13.1 Å². The largest absolute Gasteiger partial charge is 0.484 e. The Morgan fingerprint density at radius 3 is 2.61 bits per heavy atom. The van der Waals surface area contributed by atoms with Gasteiger partial charge in [-0.1, -0.05) is 18.2 Å². The van der Waals surface area contributed by atoms with Crippen molar-refractivity contribution in [3.8, 4) is 5.75 Å². The molecule has 0 aliphatic carbocycles. The van der Waals surface area contributed by atoms with Crippen LogP contribution in [0.4, 0.5) is 13.2 Å². The molecule has 154 valence electrons. The number of guanidine groups is 1. The molecule has 0 atom stereocenters. The Hall–Kier alpha value is -2.04. The zero-order chi connectivity index (χ0) is 19.7. The van der Waals surface area contributed by atoms with Gasteiger partial charge in [0.05, 0.1) is 18.8 Å². The Labute approximate surface area is 179 Å². The van der Waals surface area contributed by atoms with Gasteiger partial charge in [-0.2, -0.15) is 13.2 Å². The molecule has 1 aromatic heterocycles. The first-order valence-electron chi connectivity index (χ1n) is 8.58. The number of rotatable bonds is 7. The molecule has 0 unspecified atom stereocenters. The summed E-state index contributed by atoms with van der Waals surface area (Å²) in [6.07, 6.45) is -2.68. The molecule has 0 bridgehead atoms. The van der Waals surface area contributed by atoms with Gasteiger partial charge in [0.2, 0.25) is 0 Å². The van der Waals surface area contributed by atoms with Crippen LogP contribution in [0.5, 0.6) is 5.75 Å². The summed E-state index contributed by atoms with van der Waals surface area (Å²) in [6, 6.07) is 10.8. The molecule has 1 aromatic carbocycles. The number of aliphatic imine (C=N–C) groups is 1. The van der Waals surface area contributed by atoms with E-state index in [1.54, 1.807) is 25.3 Å². The summed E-state index contributed by atoms with van der Waals surface area (Å²) in [6.45, 7) is 3.72. The molecule has 9 heteroatoms. The first-order chi connectivity index (χ1) is 12.9. The predicted octanol–water partition coefficient (Wildman–Crippen LogP) is 4.20. The van der Waals surface area contributed by atoms with E-state index in [4.69, 9.17) is 4.74 Å². The molecule has 1 heterocycles. The highest BCUT2D eigenvalue weighted by Crippen LogP contribution is 2.24. The van der Waals surface area contributed by atoms with E-state index in [1.165, 1.54) is 0 Å². The summed E-state index contributed by atoms with van der Waals surface area (Å²) in [4.78, 5) is 8.67. The van der Waals surface area contributed by atoms with E-state index in [0.29, 0.717) is 24.6 Å². The molecular formula is C19H24F3IN4O. The number of nitrogens with zero attached hydrogens (tertiary/aromatic N) is 2. The molecule has 5 nitrogen and oxygen atoms in total. The van der Waals surface area contributed by atoms with E-state index in [0.717, 1.165) is 11.3 Å². The second-order valence-corrected chi connectivity index (χ2v) is 5.88. The summed E-state index contributed by atoms with van der Waals surface area (Å²) >= 11 is 0. The van der Waals surface area contributed by atoms with Crippen LogP contribution in [0, 0.1) is 6.92 Å². The van der Waals surface area contributed by atoms with E-state index >= 15 is 0 Å². The maximum Gasteiger partial charge on any atom is 0.422 e. The summed E-state index contributed by atoms with van der Waals surface area (Å²) in [7, 11) is 0. The summed E-state index contributed by atoms with van der Waals surface area (Å²) in [5.74, 6) is 0.738. The highest BCUT2D eigenvalue weighted by molar-refractivity contribution is 14.0. The number of nitrogens with one attached hydrogen (secondary N) is 2. The van der Waals surface area contributed by atoms with Gasteiger partial charge in [-0.15, -0.1) is 24.0 Å².